The second-order valence-corrected chi connectivity index (χ2v) is 6.16. The van der Waals surface area contributed by atoms with Gasteiger partial charge in [0.05, 0.1) is 9.11 Å². The van der Waals surface area contributed by atoms with Gasteiger partial charge in [-0.1, -0.05) is 34.7 Å². The number of nitrogens with one attached hydrogen (secondary N) is 1. The van der Waals surface area contributed by atoms with Crippen LogP contribution in [0.5, 0.6) is 5.75 Å². The van der Waals surface area contributed by atoms with E-state index < -0.39 is 0 Å². The van der Waals surface area contributed by atoms with E-state index in [9.17, 15) is 0 Å². The van der Waals surface area contributed by atoms with Crippen molar-refractivity contribution >= 4 is 28.3 Å². The van der Waals surface area contributed by atoms with Crippen LogP contribution in [0.3, 0.4) is 0 Å². The smallest absolute Gasteiger partial charge is 0.142 e. The van der Waals surface area contributed by atoms with Crippen molar-refractivity contribution in [3.8, 4) is 5.75 Å². The molecule has 0 radical (unpaired) electrons. The van der Waals surface area contributed by atoms with Crippen molar-refractivity contribution in [1.29, 1.82) is 0 Å². The minimum Gasteiger partial charge on any atom is -0.490 e. The molecule has 3 heteroatoms. The van der Waals surface area contributed by atoms with Crippen molar-refractivity contribution in [1.82, 2.24) is 0 Å². The highest BCUT2D eigenvalue weighted by molar-refractivity contribution is 14.1. The van der Waals surface area contributed by atoms with Crippen LogP contribution in [-0.2, 0) is 0 Å². The third-order valence-electron chi connectivity index (χ3n) is 2.06. The first-order valence-electron chi connectivity index (χ1n) is 4.32. The van der Waals surface area contributed by atoms with E-state index in [0.29, 0.717) is 0 Å². The van der Waals surface area contributed by atoms with E-state index in [-0.39, 0.29) is 3.42 Å². The Morgan fingerprint density at radius 1 is 1.46 bits per heavy atom. The standard InChI is InChI=1S/C10H12INO/c1-10(11)6-12-8-4-2-3-5-9(8)13-7-10/h2-5,12H,6-7H2,1H3. The molecule has 0 aliphatic carbocycles. The Morgan fingerprint density at radius 2 is 2.23 bits per heavy atom. The summed E-state index contributed by atoms with van der Waals surface area (Å²) in [5.74, 6) is 0.961. The maximum Gasteiger partial charge on any atom is 0.142 e. The summed E-state index contributed by atoms with van der Waals surface area (Å²) < 4.78 is 5.87. The summed E-state index contributed by atoms with van der Waals surface area (Å²) in [5.41, 5.74) is 1.10. The molecule has 0 fully saturated rings. The molecule has 0 amide bonds. The molecule has 0 aromatic heterocycles. The summed E-state index contributed by atoms with van der Waals surface area (Å²) in [7, 11) is 0. The zero-order valence-electron chi connectivity index (χ0n) is 7.51. The Bertz CT molecular complexity index is 283. The molecule has 1 aliphatic rings. The van der Waals surface area contributed by atoms with Gasteiger partial charge in [-0.15, -0.1) is 0 Å². The van der Waals surface area contributed by atoms with Gasteiger partial charge in [0.15, 0.2) is 0 Å². The van der Waals surface area contributed by atoms with Crippen LogP contribution < -0.4 is 10.1 Å². The summed E-state index contributed by atoms with van der Waals surface area (Å²) in [5, 5.41) is 3.38. The largest absolute Gasteiger partial charge is 0.490 e. The second kappa shape index (κ2) is 3.36. The molecule has 0 spiro atoms. The quantitative estimate of drug-likeness (QED) is 0.585. The highest BCUT2D eigenvalue weighted by Crippen LogP contribution is 2.31. The highest BCUT2D eigenvalue weighted by Gasteiger charge is 2.24. The lowest BCUT2D eigenvalue weighted by atomic mass is 10.2. The fourth-order valence-corrected chi connectivity index (χ4v) is 1.64. The third-order valence-corrected chi connectivity index (χ3v) is 2.76. The molecule has 1 heterocycles. The van der Waals surface area contributed by atoms with Crippen molar-refractivity contribution in [2.75, 3.05) is 18.5 Å². The fraction of sp³-hybridized carbons (Fsp3) is 0.400. The van der Waals surface area contributed by atoms with E-state index in [0.717, 1.165) is 24.6 Å². The highest BCUT2D eigenvalue weighted by atomic mass is 127. The number of halogens is 1. The number of benzene rings is 1. The number of para-hydroxylation sites is 2. The molecule has 1 atom stereocenters. The molecule has 70 valence electrons. The van der Waals surface area contributed by atoms with Crippen molar-refractivity contribution < 1.29 is 4.74 Å². The number of anilines is 1. The van der Waals surface area contributed by atoms with Gasteiger partial charge in [-0.05, 0) is 19.1 Å². The first kappa shape index (κ1) is 9.12. The van der Waals surface area contributed by atoms with Crippen LogP contribution in [0.15, 0.2) is 24.3 Å². The molecule has 1 N–H and O–H groups in total. The Kier molecular flexibility index (Phi) is 2.36. The van der Waals surface area contributed by atoms with Gasteiger partial charge in [0.2, 0.25) is 0 Å². The Balaban J connectivity index is 2.27. The number of hydrogen-bond donors (Lipinski definition) is 1. The molecule has 13 heavy (non-hydrogen) atoms. The molecular weight excluding hydrogens is 277 g/mol. The fourth-order valence-electron chi connectivity index (χ4n) is 1.30. The van der Waals surface area contributed by atoms with E-state index >= 15 is 0 Å². The van der Waals surface area contributed by atoms with E-state index in [1.54, 1.807) is 0 Å². The summed E-state index contributed by atoms with van der Waals surface area (Å²) in [4.78, 5) is 0. The molecule has 0 saturated carbocycles. The zero-order chi connectivity index (χ0) is 9.31. The molecule has 1 unspecified atom stereocenters. The van der Waals surface area contributed by atoms with Crippen LogP contribution in [0.4, 0.5) is 5.69 Å². The van der Waals surface area contributed by atoms with Crippen LogP contribution >= 0.6 is 22.6 Å². The van der Waals surface area contributed by atoms with Crippen LogP contribution in [0.25, 0.3) is 0 Å². The predicted octanol–water partition coefficient (Wildman–Crippen LogP) is 2.68. The average Bonchev–Trinajstić information content (AvgIpc) is 2.27. The summed E-state index contributed by atoms with van der Waals surface area (Å²) in [6.45, 7) is 3.90. The lowest BCUT2D eigenvalue weighted by molar-refractivity contribution is 0.300. The Hall–Kier alpha value is -0.450. The maximum atomic E-state index is 5.69. The minimum absolute atomic E-state index is 0.177. The Morgan fingerprint density at radius 3 is 3.08 bits per heavy atom. The van der Waals surface area contributed by atoms with Gasteiger partial charge in [-0.3, -0.25) is 0 Å². The molecule has 2 rings (SSSR count). The molecule has 1 aliphatic heterocycles. The maximum absolute atomic E-state index is 5.69. The lowest BCUT2D eigenvalue weighted by Crippen LogP contribution is -2.30. The zero-order valence-corrected chi connectivity index (χ0v) is 9.67. The van der Waals surface area contributed by atoms with Crippen LogP contribution in [0, 0.1) is 0 Å². The van der Waals surface area contributed by atoms with Gasteiger partial charge in [0.25, 0.3) is 0 Å². The SMILES string of the molecule is CC1(I)CNc2ccccc2OC1. The average molecular weight is 289 g/mol. The molecule has 0 bridgehead atoms. The van der Waals surface area contributed by atoms with Crippen molar-refractivity contribution in [3.05, 3.63) is 24.3 Å². The summed E-state index contributed by atoms with van der Waals surface area (Å²) in [6, 6.07) is 8.06. The van der Waals surface area contributed by atoms with E-state index in [4.69, 9.17) is 4.74 Å². The molecule has 1 aromatic carbocycles. The van der Waals surface area contributed by atoms with Gasteiger partial charge in [-0.2, -0.15) is 0 Å². The first-order chi connectivity index (χ1) is 6.17. The number of hydrogen-bond acceptors (Lipinski definition) is 2. The van der Waals surface area contributed by atoms with Gasteiger partial charge in [0, 0.05) is 6.54 Å². The predicted molar refractivity (Wildman–Crippen MR) is 62.9 cm³/mol. The van der Waals surface area contributed by atoms with Gasteiger partial charge in [0.1, 0.15) is 12.4 Å². The van der Waals surface area contributed by atoms with E-state index in [1.165, 1.54) is 0 Å². The first-order valence-corrected chi connectivity index (χ1v) is 5.40. The van der Waals surface area contributed by atoms with Crippen LogP contribution in [-0.4, -0.2) is 16.6 Å². The van der Waals surface area contributed by atoms with Gasteiger partial charge in [-0.25, -0.2) is 0 Å². The van der Waals surface area contributed by atoms with Crippen LogP contribution in [0.2, 0.25) is 0 Å². The summed E-state index contributed by atoms with van der Waals surface area (Å²) in [6.07, 6.45) is 0. The number of alkyl halides is 1. The Labute approximate surface area is 91.8 Å². The van der Waals surface area contributed by atoms with Crippen LogP contribution in [0.1, 0.15) is 6.92 Å². The summed E-state index contributed by atoms with van der Waals surface area (Å²) >= 11 is 2.43. The molecule has 1 aromatic rings. The van der Waals surface area contributed by atoms with Crippen molar-refractivity contribution in [3.63, 3.8) is 0 Å². The molecule has 0 saturated heterocycles. The number of fused-ring (bicyclic) bond motifs is 1. The number of rotatable bonds is 0. The minimum atomic E-state index is 0.177. The monoisotopic (exact) mass is 289 g/mol. The molecular formula is C10H12INO. The normalized spacial score (nSPS) is 26.6. The van der Waals surface area contributed by atoms with E-state index in [2.05, 4.69) is 34.8 Å². The topological polar surface area (TPSA) is 21.3 Å². The van der Waals surface area contributed by atoms with Crippen molar-refractivity contribution in [2.45, 2.75) is 10.3 Å². The van der Waals surface area contributed by atoms with E-state index in [1.807, 2.05) is 24.3 Å². The van der Waals surface area contributed by atoms with Crippen molar-refractivity contribution in [2.24, 2.45) is 0 Å². The third kappa shape index (κ3) is 2.07. The second-order valence-electron chi connectivity index (χ2n) is 3.55. The molecule has 2 nitrogen and oxygen atoms in total. The number of ether oxygens (including phenoxy) is 1. The van der Waals surface area contributed by atoms with Gasteiger partial charge < -0.3 is 10.1 Å². The van der Waals surface area contributed by atoms with Gasteiger partial charge >= 0.3 is 0 Å². The lowest BCUT2D eigenvalue weighted by Gasteiger charge is -2.18.